The van der Waals surface area contributed by atoms with Gasteiger partial charge < -0.3 is 24.3 Å². The van der Waals surface area contributed by atoms with Crippen molar-refractivity contribution < 1.29 is 14.3 Å². The monoisotopic (exact) mass is 411 g/mol. The summed E-state index contributed by atoms with van der Waals surface area (Å²) in [4.78, 5) is 15.1. The fourth-order valence-corrected chi connectivity index (χ4v) is 3.90. The lowest BCUT2D eigenvalue weighted by Gasteiger charge is -2.37. The zero-order valence-electron chi connectivity index (χ0n) is 16.3. The summed E-state index contributed by atoms with van der Waals surface area (Å²) in [6.07, 6.45) is 2.04. The summed E-state index contributed by atoms with van der Waals surface area (Å²) in [5, 5.41) is 3.65. The molecule has 0 aliphatic carbocycles. The van der Waals surface area contributed by atoms with Gasteiger partial charge in [-0.05, 0) is 42.0 Å². The predicted molar refractivity (Wildman–Crippen MR) is 113 cm³/mol. The third kappa shape index (κ3) is 3.63. The highest BCUT2D eigenvalue weighted by molar-refractivity contribution is 6.30. The molecule has 3 aromatic rings. The number of methoxy groups -OCH3 is 2. The van der Waals surface area contributed by atoms with Crippen LogP contribution in [0.4, 0.5) is 10.5 Å². The van der Waals surface area contributed by atoms with Crippen LogP contribution in [-0.2, 0) is 6.54 Å². The lowest BCUT2D eigenvalue weighted by Crippen LogP contribution is -2.44. The highest BCUT2D eigenvalue weighted by atomic mass is 35.5. The Hall–Kier alpha value is -3.12. The standard InChI is InChI=1S/C22H22ClN3O3/c1-28-19-7-3-5-17(21(19)29-2)24-22(27)26-14-13-25-12-4-6-18(25)20(26)15-8-10-16(23)11-9-15/h3-12,20H,13-14H2,1-2H3,(H,24,27). The van der Waals surface area contributed by atoms with E-state index < -0.39 is 0 Å². The van der Waals surface area contributed by atoms with Crippen molar-refractivity contribution in [3.8, 4) is 11.5 Å². The lowest BCUT2D eigenvalue weighted by atomic mass is 10.0. The van der Waals surface area contributed by atoms with Crippen LogP contribution < -0.4 is 14.8 Å². The molecule has 2 amide bonds. The molecule has 2 aromatic carbocycles. The van der Waals surface area contributed by atoms with Gasteiger partial charge in [-0.15, -0.1) is 0 Å². The fourth-order valence-electron chi connectivity index (χ4n) is 3.77. The van der Waals surface area contributed by atoms with Crippen molar-refractivity contribution in [2.75, 3.05) is 26.1 Å². The van der Waals surface area contributed by atoms with Crippen molar-refractivity contribution in [2.45, 2.75) is 12.6 Å². The number of halogens is 1. The summed E-state index contributed by atoms with van der Waals surface area (Å²) in [7, 11) is 3.12. The average Bonchev–Trinajstić information content (AvgIpc) is 3.22. The number of ether oxygens (including phenoxy) is 2. The minimum Gasteiger partial charge on any atom is -0.493 e. The van der Waals surface area contributed by atoms with Gasteiger partial charge in [0.25, 0.3) is 0 Å². The molecule has 1 aliphatic rings. The number of para-hydroxylation sites is 1. The molecule has 1 atom stereocenters. The van der Waals surface area contributed by atoms with Gasteiger partial charge in [0.05, 0.1) is 25.9 Å². The van der Waals surface area contributed by atoms with Crippen LogP contribution in [0.1, 0.15) is 17.3 Å². The second-order valence-electron chi connectivity index (χ2n) is 6.75. The van der Waals surface area contributed by atoms with E-state index in [1.165, 1.54) is 0 Å². The van der Waals surface area contributed by atoms with Crippen molar-refractivity contribution in [3.63, 3.8) is 0 Å². The Morgan fingerprint density at radius 1 is 1.03 bits per heavy atom. The molecule has 29 heavy (non-hydrogen) atoms. The number of nitrogens with one attached hydrogen (secondary N) is 1. The molecule has 0 saturated heterocycles. The first-order valence-corrected chi connectivity index (χ1v) is 9.69. The summed E-state index contributed by atoms with van der Waals surface area (Å²) in [6, 6.07) is 16.6. The number of rotatable bonds is 4. The molecule has 0 bridgehead atoms. The van der Waals surface area contributed by atoms with Crippen LogP contribution in [0.2, 0.25) is 5.02 Å². The number of amides is 2. The first-order valence-electron chi connectivity index (χ1n) is 9.31. The smallest absolute Gasteiger partial charge is 0.322 e. The molecule has 2 heterocycles. The van der Waals surface area contributed by atoms with E-state index in [9.17, 15) is 4.79 Å². The van der Waals surface area contributed by atoms with Gasteiger partial charge in [-0.25, -0.2) is 4.79 Å². The Morgan fingerprint density at radius 2 is 1.83 bits per heavy atom. The summed E-state index contributed by atoms with van der Waals surface area (Å²) >= 11 is 6.07. The number of aromatic nitrogens is 1. The number of carbonyl (C=O) groups is 1. The number of anilines is 1. The summed E-state index contributed by atoms with van der Waals surface area (Å²) < 4.78 is 13.0. The maximum Gasteiger partial charge on any atom is 0.322 e. The summed E-state index contributed by atoms with van der Waals surface area (Å²) in [5.41, 5.74) is 2.63. The Morgan fingerprint density at radius 3 is 2.55 bits per heavy atom. The van der Waals surface area contributed by atoms with E-state index in [2.05, 4.69) is 9.88 Å². The maximum atomic E-state index is 13.3. The van der Waals surface area contributed by atoms with E-state index in [1.54, 1.807) is 26.4 Å². The average molecular weight is 412 g/mol. The van der Waals surface area contributed by atoms with E-state index in [4.69, 9.17) is 21.1 Å². The number of carbonyl (C=O) groups excluding carboxylic acids is 1. The normalized spacial score (nSPS) is 15.6. The van der Waals surface area contributed by atoms with Crippen molar-refractivity contribution in [1.29, 1.82) is 0 Å². The second-order valence-corrected chi connectivity index (χ2v) is 7.18. The lowest BCUT2D eigenvalue weighted by molar-refractivity contribution is 0.181. The molecule has 6 nitrogen and oxygen atoms in total. The van der Waals surface area contributed by atoms with E-state index >= 15 is 0 Å². The number of hydrogen-bond acceptors (Lipinski definition) is 3. The van der Waals surface area contributed by atoms with Gasteiger partial charge in [-0.1, -0.05) is 29.8 Å². The largest absolute Gasteiger partial charge is 0.493 e. The Kier molecular flexibility index (Phi) is 5.36. The molecule has 0 saturated carbocycles. The third-order valence-corrected chi connectivity index (χ3v) is 5.38. The number of benzene rings is 2. The fraction of sp³-hybridized carbons (Fsp3) is 0.227. The SMILES string of the molecule is COc1cccc(NC(=O)N2CCn3cccc3C2c2ccc(Cl)cc2)c1OC. The molecule has 7 heteroatoms. The molecule has 1 aliphatic heterocycles. The molecule has 4 rings (SSSR count). The molecule has 150 valence electrons. The third-order valence-electron chi connectivity index (χ3n) is 5.13. The predicted octanol–water partition coefficient (Wildman–Crippen LogP) is 4.80. The van der Waals surface area contributed by atoms with Crippen LogP contribution in [0.25, 0.3) is 0 Å². The van der Waals surface area contributed by atoms with E-state index in [0.29, 0.717) is 28.8 Å². The van der Waals surface area contributed by atoms with Gasteiger partial charge >= 0.3 is 6.03 Å². The van der Waals surface area contributed by atoms with Crippen LogP contribution in [0.3, 0.4) is 0 Å². The van der Waals surface area contributed by atoms with E-state index in [-0.39, 0.29) is 12.1 Å². The van der Waals surface area contributed by atoms with Crippen molar-refractivity contribution in [2.24, 2.45) is 0 Å². The summed E-state index contributed by atoms with van der Waals surface area (Å²) in [5.74, 6) is 1.05. The van der Waals surface area contributed by atoms with Crippen LogP contribution in [0, 0.1) is 0 Å². The molecule has 1 unspecified atom stereocenters. The zero-order chi connectivity index (χ0) is 20.4. The number of hydrogen-bond donors (Lipinski definition) is 1. The van der Waals surface area contributed by atoms with Crippen molar-refractivity contribution in [3.05, 3.63) is 77.1 Å². The van der Waals surface area contributed by atoms with Gasteiger partial charge in [0.2, 0.25) is 0 Å². The Balaban J connectivity index is 1.68. The molecule has 0 radical (unpaired) electrons. The van der Waals surface area contributed by atoms with Gasteiger partial charge in [-0.2, -0.15) is 0 Å². The highest BCUT2D eigenvalue weighted by Crippen LogP contribution is 2.37. The Bertz CT molecular complexity index is 1020. The molecular weight excluding hydrogens is 390 g/mol. The van der Waals surface area contributed by atoms with Crippen LogP contribution in [-0.4, -0.2) is 36.3 Å². The molecular formula is C22H22ClN3O3. The van der Waals surface area contributed by atoms with Gasteiger partial charge in [0.1, 0.15) is 0 Å². The van der Waals surface area contributed by atoms with Crippen LogP contribution >= 0.6 is 11.6 Å². The van der Waals surface area contributed by atoms with E-state index in [1.807, 2.05) is 53.6 Å². The molecule has 1 N–H and O–H groups in total. The van der Waals surface area contributed by atoms with Crippen LogP contribution in [0.15, 0.2) is 60.8 Å². The molecule has 1 aromatic heterocycles. The van der Waals surface area contributed by atoms with Gasteiger partial charge in [0, 0.05) is 30.0 Å². The van der Waals surface area contributed by atoms with Crippen LogP contribution in [0.5, 0.6) is 11.5 Å². The minimum absolute atomic E-state index is 0.205. The zero-order valence-corrected chi connectivity index (χ0v) is 17.0. The number of fused-ring (bicyclic) bond motifs is 1. The minimum atomic E-state index is -0.215. The highest BCUT2D eigenvalue weighted by Gasteiger charge is 2.32. The van der Waals surface area contributed by atoms with E-state index in [0.717, 1.165) is 17.8 Å². The number of urea groups is 1. The maximum absolute atomic E-state index is 13.3. The van der Waals surface area contributed by atoms with Crippen molar-refractivity contribution >= 4 is 23.3 Å². The number of nitrogens with zero attached hydrogens (tertiary/aromatic N) is 2. The Labute approximate surface area is 174 Å². The van der Waals surface area contributed by atoms with Gasteiger partial charge in [-0.3, -0.25) is 0 Å². The first-order chi connectivity index (χ1) is 14.1. The molecule has 0 spiro atoms. The molecule has 0 fully saturated rings. The van der Waals surface area contributed by atoms with Gasteiger partial charge in [0.15, 0.2) is 11.5 Å². The quantitative estimate of drug-likeness (QED) is 0.671. The summed E-state index contributed by atoms with van der Waals surface area (Å²) in [6.45, 7) is 1.31. The first kappa shape index (κ1) is 19.2. The van der Waals surface area contributed by atoms with Crippen molar-refractivity contribution in [1.82, 2.24) is 9.47 Å². The second kappa shape index (κ2) is 8.09. The topological polar surface area (TPSA) is 55.7 Å².